The highest BCUT2D eigenvalue weighted by molar-refractivity contribution is 6.20. The number of carbonyl (C=O) groups excluding carboxylic acids is 1. The van der Waals surface area contributed by atoms with E-state index in [0.29, 0.717) is 5.69 Å². The molecule has 0 aromatic carbocycles. The fraction of sp³-hybridized carbons (Fsp3) is 0.455. The molecule has 1 aromatic heterocycles. The van der Waals surface area contributed by atoms with Crippen molar-refractivity contribution in [2.24, 2.45) is 12.5 Å². The Balaban J connectivity index is 2.86. The van der Waals surface area contributed by atoms with Crippen LogP contribution in [0.15, 0.2) is 23.1 Å². The van der Waals surface area contributed by atoms with Crippen LogP contribution >= 0.6 is 11.6 Å². The normalized spacial score (nSPS) is 11.2. The maximum atomic E-state index is 11.8. The second-order valence-electron chi connectivity index (χ2n) is 4.34. The summed E-state index contributed by atoms with van der Waals surface area (Å²) in [5, 5.41) is 2.72. The van der Waals surface area contributed by atoms with E-state index < -0.39 is 5.41 Å². The molecule has 0 spiro atoms. The van der Waals surface area contributed by atoms with Gasteiger partial charge in [-0.3, -0.25) is 9.59 Å². The molecule has 1 heterocycles. The van der Waals surface area contributed by atoms with E-state index in [2.05, 4.69) is 5.32 Å². The molecule has 0 unspecified atom stereocenters. The number of aromatic nitrogens is 1. The predicted molar refractivity (Wildman–Crippen MR) is 64.8 cm³/mol. The van der Waals surface area contributed by atoms with Crippen LogP contribution in [-0.2, 0) is 11.8 Å². The van der Waals surface area contributed by atoms with Crippen LogP contribution in [0.3, 0.4) is 0 Å². The number of nitrogens with one attached hydrogen (secondary N) is 1. The number of halogens is 1. The van der Waals surface area contributed by atoms with Gasteiger partial charge in [-0.25, -0.2) is 0 Å². The van der Waals surface area contributed by atoms with Crippen LogP contribution in [0.25, 0.3) is 0 Å². The Morgan fingerprint density at radius 2 is 2.12 bits per heavy atom. The molecule has 1 aromatic rings. The molecule has 0 radical (unpaired) electrons. The zero-order valence-corrected chi connectivity index (χ0v) is 10.3. The van der Waals surface area contributed by atoms with Gasteiger partial charge in [0.25, 0.3) is 0 Å². The number of carbonyl (C=O) groups is 1. The van der Waals surface area contributed by atoms with Crippen molar-refractivity contribution in [1.82, 2.24) is 4.57 Å². The first-order valence-corrected chi connectivity index (χ1v) is 5.44. The van der Waals surface area contributed by atoms with E-state index in [4.69, 9.17) is 11.6 Å². The van der Waals surface area contributed by atoms with Crippen molar-refractivity contribution in [2.45, 2.75) is 13.8 Å². The van der Waals surface area contributed by atoms with E-state index in [1.165, 1.54) is 10.6 Å². The molecule has 1 rings (SSSR count). The molecule has 4 nitrogen and oxygen atoms in total. The lowest BCUT2D eigenvalue weighted by atomic mass is 9.95. The molecule has 0 aliphatic rings. The first-order valence-electron chi connectivity index (χ1n) is 4.91. The number of amides is 1. The highest BCUT2D eigenvalue weighted by atomic mass is 35.5. The molecule has 0 aliphatic heterocycles. The standard InChI is InChI=1S/C11H15ClN2O2/c1-11(2,7-12)10(16)13-8-4-5-9(15)14(3)6-8/h4-6H,7H2,1-3H3,(H,13,16). The third-order valence-corrected chi connectivity index (χ3v) is 2.96. The van der Waals surface area contributed by atoms with Crippen molar-refractivity contribution in [2.75, 3.05) is 11.2 Å². The molecular formula is C11H15ClN2O2. The molecule has 0 bridgehead atoms. The summed E-state index contributed by atoms with van der Waals surface area (Å²) in [6.45, 7) is 3.52. The van der Waals surface area contributed by atoms with Gasteiger partial charge in [0.05, 0.1) is 11.1 Å². The van der Waals surface area contributed by atoms with Gasteiger partial charge in [0.15, 0.2) is 0 Å². The molecule has 1 N–H and O–H groups in total. The van der Waals surface area contributed by atoms with Crippen molar-refractivity contribution < 1.29 is 4.79 Å². The SMILES string of the molecule is Cn1cc(NC(=O)C(C)(C)CCl)ccc1=O. The van der Waals surface area contributed by atoms with Crippen molar-refractivity contribution in [1.29, 1.82) is 0 Å². The fourth-order valence-corrected chi connectivity index (χ4v) is 1.15. The number of nitrogens with zero attached hydrogens (tertiary/aromatic N) is 1. The summed E-state index contributed by atoms with van der Waals surface area (Å²) >= 11 is 5.69. The molecule has 16 heavy (non-hydrogen) atoms. The summed E-state index contributed by atoms with van der Waals surface area (Å²) in [6, 6.07) is 2.98. The maximum Gasteiger partial charge on any atom is 0.250 e. The number of aryl methyl sites for hydroxylation is 1. The Morgan fingerprint density at radius 1 is 1.50 bits per heavy atom. The summed E-state index contributed by atoms with van der Waals surface area (Å²) in [7, 11) is 1.63. The highest BCUT2D eigenvalue weighted by Gasteiger charge is 2.26. The Labute approximate surface area is 99.2 Å². The van der Waals surface area contributed by atoms with Gasteiger partial charge >= 0.3 is 0 Å². The van der Waals surface area contributed by atoms with Gasteiger partial charge in [0.1, 0.15) is 0 Å². The fourth-order valence-electron chi connectivity index (χ4n) is 1.03. The summed E-state index contributed by atoms with van der Waals surface area (Å²) in [5.41, 5.74) is -0.157. The first kappa shape index (κ1) is 12.8. The van der Waals surface area contributed by atoms with E-state index in [0.717, 1.165) is 0 Å². The number of rotatable bonds is 3. The van der Waals surface area contributed by atoms with Crippen molar-refractivity contribution in [3.05, 3.63) is 28.7 Å². The maximum absolute atomic E-state index is 11.8. The van der Waals surface area contributed by atoms with Gasteiger partial charge in [0, 0.05) is 25.2 Å². The van der Waals surface area contributed by atoms with Crippen LogP contribution in [0, 0.1) is 5.41 Å². The van der Waals surface area contributed by atoms with E-state index in [1.807, 2.05) is 0 Å². The molecular weight excluding hydrogens is 228 g/mol. The van der Waals surface area contributed by atoms with Gasteiger partial charge in [-0.2, -0.15) is 0 Å². The zero-order chi connectivity index (χ0) is 12.3. The van der Waals surface area contributed by atoms with Crippen LogP contribution < -0.4 is 10.9 Å². The van der Waals surface area contributed by atoms with Crippen molar-refractivity contribution >= 4 is 23.2 Å². The molecule has 1 amide bonds. The van der Waals surface area contributed by atoms with Crippen LogP contribution in [0.5, 0.6) is 0 Å². The summed E-state index contributed by atoms with van der Waals surface area (Å²) < 4.78 is 1.41. The topological polar surface area (TPSA) is 51.1 Å². The van der Waals surface area contributed by atoms with Gasteiger partial charge < -0.3 is 9.88 Å². The van der Waals surface area contributed by atoms with E-state index in [1.54, 1.807) is 33.2 Å². The zero-order valence-electron chi connectivity index (χ0n) is 9.58. The lowest BCUT2D eigenvalue weighted by Gasteiger charge is -2.20. The highest BCUT2D eigenvalue weighted by Crippen LogP contribution is 2.19. The molecule has 0 saturated carbocycles. The Kier molecular flexibility index (Phi) is 3.75. The average Bonchev–Trinajstić information content (AvgIpc) is 2.23. The summed E-state index contributed by atoms with van der Waals surface area (Å²) in [4.78, 5) is 22.9. The third-order valence-electron chi connectivity index (χ3n) is 2.29. The quantitative estimate of drug-likeness (QED) is 0.819. The lowest BCUT2D eigenvalue weighted by Crippen LogP contribution is -2.32. The molecule has 0 saturated heterocycles. The van der Waals surface area contributed by atoms with Crippen LogP contribution in [0.4, 0.5) is 5.69 Å². The molecule has 0 fully saturated rings. The Hall–Kier alpha value is -1.29. The van der Waals surface area contributed by atoms with Gasteiger partial charge in [-0.1, -0.05) is 0 Å². The minimum absolute atomic E-state index is 0.116. The number of pyridine rings is 1. The van der Waals surface area contributed by atoms with Gasteiger partial charge in [0.2, 0.25) is 11.5 Å². The largest absolute Gasteiger partial charge is 0.324 e. The smallest absolute Gasteiger partial charge is 0.250 e. The van der Waals surface area contributed by atoms with Gasteiger partial charge in [-0.15, -0.1) is 11.6 Å². The number of anilines is 1. The second kappa shape index (κ2) is 4.70. The average molecular weight is 243 g/mol. The van der Waals surface area contributed by atoms with Crippen molar-refractivity contribution in [3.8, 4) is 0 Å². The first-order chi connectivity index (χ1) is 7.36. The number of hydrogen-bond donors (Lipinski definition) is 1. The molecule has 88 valence electrons. The van der Waals surface area contributed by atoms with Crippen LogP contribution in [0.2, 0.25) is 0 Å². The predicted octanol–water partition coefficient (Wildman–Crippen LogP) is 1.59. The van der Waals surface area contributed by atoms with E-state index in [-0.39, 0.29) is 17.3 Å². The summed E-state index contributed by atoms with van der Waals surface area (Å²) in [5.74, 6) is 0.0751. The van der Waals surface area contributed by atoms with Crippen molar-refractivity contribution in [3.63, 3.8) is 0 Å². The van der Waals surface area contributed by atoms with Crippen LogP contribution in [0.1, 0.15) is 13.8 Å². The van der Waals surface area contributed by atoms with Gasteiger partial charge in [-0.05, 0) is 19.9 Å². The second-order valence-corrected chi connectivity index (χ2v) is 4.61. The minimum Gasteiger partial charge on any atom is -0.324 e. The summed E-state index contributed by atoms with van der Waals surface area (Å²) in [6.07, 6.45) is 1.57. The van der Waals surface area contributed by atoms with E-state index in [9.17, 15) is 9.59 Å². The molecule has 0 aliphatic carbocycles. The minimum atomic E-state index is -0.629. The van der Waals surface area contributed by atoms with E-state index >= 15 is 0 Å². The molecule has 5 heteroatoms. The third kappa shape index (κ3) is 2.85. The monoisotopic (exact) mass is 242 g/mol. The Morgan fingerprint density at radius 3 is 2.62 bits per heavy atom. The lowest BCUT2D eigenvalue weighted by molar-refractivity contribution is -0.122. The number of alkyl halides is 1. The number of hydrogen-bond acceptors (Lipinski definition) is 2. The Bertz CT molecular complexity index is 452. The molecule has 0 atom stereocenters. The van der Waals surface area contributed by atoms with Crippen LogP contribution in [-0.4, -0.2) is 16.4 Å².